The lowest BCUT2D eigenvalue weighted by Crippen LogP contribution is -2.59. The number of nitrogens with zero attached hydrogens (tertiary/aromatic N) is 3. The molecule has 29 heavy (non-hydrogen) atoms. The van der Waals surface area contributed by atoms with E-state index in [0.717, 1.165) is 24.8 Å². The molecule has 0 radical (unpaired) electrons. The summed E-state index contributed by atoms with van der Waals surface area (Å²) in [6, 6.07) is 6.27. The zero-order valence-corrected chi connectivity index (χ0v) is 17.8. The highest BCUT2D eigenvalue weighted by Gasteiger charge is 2.34. The van der Waals surface area contributed by atoms with Gasteiger partial charge in [-0.3, -0.25) is 14.5 Å². The molecular weight excluding hydrogens is 394 g/mol. The number of carbonyl (C=O) groups excluding carboxylic acids is 2. The van der Waals surface area contributed by atoms with Gasteiger partial charge in [-0.15, -0.1) is 0 Å². The Morgan fingerprint density at radius 1 is 1.10 bits per heavy atom. The van der Waals surface area contributed by atoms with Crippen LogP contribution in [0.4, 0.5) is 0 Å². The van der Waals surface area contributed by atoms with Gasteiger partial charge in [0.25, 0.3) is 0 Å². The van der Waals surface area contributed by atoms with Crippen LogP contribution in [0.25, 0.3) is 0 Å². The molecular formula is C20H29N3O5S. The average molecular weight is 424 g/mol. The molecule has 2 heterocycles. The smallest absolute Gasteiger partial charge is 0.227 e. The molecule has 0 unspecified atom stereocenters. The van der Waals surface area contributed by atoms with Crippen LogP contribution in [0.5, 0.6) is 0 Å². The average Bonchev–Trinajstić information content (AvgIpc) is 3.06. The van der Waals surface area contributed by atoms with E-state index in [0.29, 0.717) is 32.7 Å². The van der Waals surface area contributed by atoms with E-state index >= 15 is 0 Å². The molecule has 3 rings (SSSR count). The Balaban J connectivity index is 1.69. The first-order valence-electron chi connectivity index (χ1n) is 9.88. The van der Waals surface area contributed by atoms with Crippen LogP contribution < -0.4 is 0 Å². The van der Waals surface area contributed by atoms with Gasteiger partial charge < -0.3 is 14.9 Å². The molecule has 8 nitrogen and oxygen atoms in total. The van der Waals surface area contributed by atoms with Crippen LogP contribution in [-0.2, 0) is 25.8 Å². The van der Waals surface area contributed by atoms with Crippen LogP contribution in [0.3, 0.4) is 0 Å². The molecule has 0 saturated carbocycles. The predicted molar refractivity (Wildman–Crippen MR) is 108 cm³/mol. The van der Waals surface area contributed by atoms with Crippen LogP contribution in [0.1, 0.15) is 18.9 Å². The molecule has 160 valence electrons. The van der Waals surface area contributed by atoms with Gasteiger partial charge in [0.2, 0.25) is 11.8 Å². The zero-order chi connectivity index (χ0) is 21.2. The molecule has 2 saturated heterocycles. The Morgan fingerprint density at radius 3 is 2.34 bits per heavy atom. The molecule has 0 bridgehead atoms. The lowest BCUT2D eigenvalue weighted by atomic mass is 10.1. The summed E-state index contributed by atoms with van der Waals surface area (Å²) in [5.74, 6) is -0.0371. The number of benzene rings is 1. The molecule has 1 aromatic carbocycles. The van der Waals surface area contributed by atoms with Crippen molar-refractivity contribution < 1.29 is 23.1 Å². The van der Waals surface area contributed by atoms with E-state index in [1.807, 2.05) is 4.90 Å². The standard InChI is InChI=1S/C20H29N3O5S/c1-15(24)22-9-10-23(17(13-22)12-21-8-7-18(25)14-21)20(26)11-16-3-5-19(6-4-16)29(2,27)28/h3-6,17-18,25H,7-14H2,1-2H3/t17-,18-/m1/s1. The van der Waals surface area contributed by atoms with Gasteiger partial charge in [0.15, 0.2) is 9.84 Å². The highest BCUT2D eigenvalue weighted by molar-refractivity contribution is 7.90. The summed E-state index contributed by atoms with van der Waals surface area (Å²) >= 11 is 0. The van der Waals surface area contributed by atoms with Crippen molar-refractivity contribution in [2.24, 2.45) is 0 Å². The van der Waals surface area contributed by atoms with Gasteiger partial charge in [0.05, 0.1) is 23.5 Å². The number of likely N-dealkylation sites (tertiary alicyclic amines) is 1. The summed E-state index contributed by atoms with van der Waals surface area (Å²) in [5, 5.41) is 9.79. The van der Waals surface area contributed by atoms with E-state index in [2.05, 4.69) is 4.90 Å². The van der Waals surface area contributed by atoms with Crippen molar-refractivity contribution in [3.05, 3.63) is 29.8 Å². The maximum Gasteiger partial charge on any atom is 0.227 e. The maximum absolute atomic E-state index is 13.0. The van der Waals surface area contributed by atoms with Gasteiger partial charge in [-0.25, -0.2) is 8.42 Å². The normalized spacial score (nSPS) is 23.4. The lowest BCUT2D eigenvalue weighted by molar-refractivity contribution is -0.142. The quantitative estimate of drug-likeness (QED) is 0.702. The number of hydrogen-bond acceptors (Lipinski definition) is 6. The van der Waals surface area contributed by atoms with Crippen LogP contribution in [0.2, 0.25) is 0 Å². The number of aliphatic hydroxyl groups is 1. The van der Waals surface area contributed by atoms with Crippen LogP contribution >= 0.6 is 0 Å². The molecule has 9 heteroatoms. The number of carbonyl (C=O) groups is 2. The highest BCUT2D eigenvalue weighted by atomic mass is 32.2. The third-order valence-electron chi connectivity index (χ3n) is 5.67. The third-order valence-corrected chi connectivity index (χ3v) is 6.80. The van der Waals surface area contributed by atoms with Crippen molar-refractivity contribution >= 4 is 21.7 Å². The van der Waals surface area contributed by atoms with Crippen LogP contribution in [0, 0.1) is 0 Å². The number of piperazine rings is 1. The van der Waals surface area contributed by atoms with Crippen molar-refractivity contribution in [1.82, 2.24) is 14.7 Å². The summed E-state index contributed by atoms with van der Waals surface area (Å²) < 4.78 is 23.2. The van der Waals surface area contributed by atoms with Gasteiger partial charge in [-0.1, -0.05) is 12.1 Å². The molecule has 2 amide bonds. The first-order valence-corrected chi connectivity index (χ1v) is 11.8. The number of β-amino-alcohol motifs (C(OH)–C–C–N with tert-alkyl or cyclic N) is 1. The minimum atomic E-state index is -3.27. The highest BCUT2D eigenvalue weighted by Crippen LogP contribution is 2.18. The lowest BCUT2D eigenvalue weighted by Gasteiger charge is -2.42. The molecule has 0 spiro atoms. The summed E-state index contributed by atoms with van der Waals surface area (Å²) in [4.78, 5) is 30.8. The molecule has 2 aliphatic rings. The van der Waals surface area contributed by atoms with E-state index in [9.17, 15) is 23.1 Å². The zero-order valence-electron chi connectivity index (χ0n) is 17.0. The first-order chi connectivity index (χ1) is 13.6. The number of hydrogen-bond donors (Lipinski definition) is 1. The molecule has 1 aromatic rings. The number of aliphatic hydroxyl groups excluding tert-OH is 1. The maximum atomic E-state index is 13.0. The minimum Gasteiger partial charge on any atom is -0.392 e. The van der Waals surface area contributed by atoms with Gasteiger partial charge in [-0.05, 0) is 24.1 Å². The summed E-state index contributed by atoms with van der Waals surface area (Å²) in [7, 11) is -3.27. The summed E-state index contributed by atoms with van der Waals surface area (Å²) in [6.45, 7) is 5.00. The van der Waals surface area contributed by atoms with Crippen molar-refractivity contribution in [3.63, 3.8) is 0 Å². The molecule has 2 atom stereocenters. The van der Waals surface area contributed by atoms with Gasteiger partial charge in [0.1, 0.15) is 0 Å². The molecule has 1 N–H and O–H groups in total. The number of sulfone groups is 1. The van der Waals surface area contributed by atoms with Crippen LogP contribution in [0.15, 0.2) is 29.2 Å². The van der Waals surface area contributed by atoms with E-state index in [1.165, 1.54) is 19.1 Å². The topological polar surface area (TPSA) is 98.2 Å². The fraction of sp³-hybridized carbons (Fsp3) is 0.600. The Labute approximate surface area is 172 Å². The van der Waals surface area contributed by atoms with Gasteiger partial charge in [-0.2, -0.15) is 0 Å². The minimum absolute atomic E-state index is 0.0000747. The fourth-order valence-corrected chi connectivity index (χ4v) is 4.66. The van der Waals surface area contributed by atoms with Crippen molar-refractivity contribution in [2.75, 3.05) is 45.5 Å². The largest absolute Gasteiger partial charge is 0.392 e. The Hall–Kier alpha value is -1.97. The van der Waals surface area contributed by atoms with Crippen LogP contribution in [-0.4, -0.2) is 97.7 Å². The Kier molecular flexibility index (Phi) is 6.60. The van der Waals surface area contributed by atoms with E-state index in [1.54, 1.807) is 17.0 Å². The second-order valence-corrected chi connectivity index (χ2v) is 10.0. The first kappa shape index (κ1) is 21.7. The molecule has 0 aliphatic carbocycles. The SMILES string of the molecule is CC(=O)N1CCN(C(=O)Cc2ccc(S(C)(=O)=O)cc2)[C@H](CN2CC[C@@H](O)C2)C1. The molecule has 2 fully saturated rings. The Bertz CT molecular complexity index is 855. The van der Waals surface area contributed by atoms with Crippen molar-refractivity contribution in [2.45, 2.75) is 36.8 Å². The number of amides is 2. The molecule has 0 aromatic heterocycles. The van der Waals surface area contributed by atoms with E-state index < -0.39 is 9.84 Å². The van der Waals surface area contributed by atoms with Gasteiger partial charge >= 0.3 is 0 Å². The van der Waals surface area contributed by atoms with Crippen molar-refractivity contribution in [3.8, 4) is 0 Å². The molecule has 2 aliphatic heterocycles. The summed E-state index contributed by atoms with van der Waals surface area (Å²) in [6.07, 6.45) is 1.73. The number of rotatable bonds is 5. The van der Waals surface area contributed by atoms with E-state index in [-0.39, 0.29) is 35.3 Å². The van der Waals surface area contributed by atoms with Gasteiger partial charge in [0, 0.05) is 52.4 Å². The van der Waals surface area contributed by atoms with E-state index in [4.69, 9.17) is 0 Å². The fourth-order valence-electron chi connectivity index (χ4n) is 4.03. The monoisotopic (exact) mass is 423 g/mol. The summed E-state index contributed by atoms with van der Waals surface area (Å²) in [5.41, 5.74) is 0.756. The third kappa shape index (κ3) is 5.55. The van der Waals surface area contributed by atoms with Crippen molar-refractivity contribution in [1.29, 1.82) is 0 Å². The second kappa shape index (κ2) is 8.81. The second-order valence-electron chi connectivity index (χ2n) is 8.00. The predicted octanol–water partition coefficient (Wildman–Crippen LogP) is -0.241. The Morgan fingerprint density at radius 2 is 1.79 bits per heavy atom.